The van der Waals surface area contributed by atoms with Gasteiger partial charge in [-0.1, -0.05) is 31.0 Å². The highest BCUT2D eigenvalue weighted by Gasteiger charge is 2.47. The minimum atomic E-state index is -0.353. The molecule has 4 unspecified atom stereocenters. The molecule has 3 N–H and O–H groups in total. The zero-order chi connectivity index (χ0) is 17.8. The maximum absolute atomic E-state index is 13.1. The first-order valence-electron chi connectivity index (χ1n) is 9.49. The number of amides is 2. The van der Waals surface area contributed by atoms with Crippen LogP contribution in [-0.2, 0) is 4.79 Å². The van der Waals surface area contributed by atoms with Gasteiger partial charge in [0.15, 0.2) is 0 Å². The van der Waals surface area contributed by atoms with E-state index in [2.05, 4.69) is 5.32 Å². The van der Waals surface area contributed by atoms with Crippen LogP contribution < -0.4 is 11.1 Å². The van der Waals surface area contributed by atoms with E-state index < -0.39 is 0 Å². The van der Waals surface area contributed by atoms with Crippen LogP contribution in [0.1, 0.15) is 55.8 Å². The van der Waals surface area contributed by atoms with E-state index in [-0.39, 0.29) is 29.9 Å². The molecule has 0 aromatic heterocycles. The predicted octanol–water partition coefficient (Wildman–Crippen LogP) is 2.31. The van der Waals surface area contributed by atoms with Crippen LogP contribution in [-0.4, -0.2) is 41.4 Å². The molecule has 1 aromatic carbocycles. The number of nitrogens with two attached hydrogens (primary N) is 1. The Morgan fingerprint density at radius 1 is 1.24 bits per heavy atom. The highest BCUT2D eigenvalue weighted by atomic mass is 16.2. The number of nitrogens with one attached hydrogen (secondary N) is 1. The Hall–Kier alpha value is -1.88. The van der Waals surface area contributed by atoms with Gasteiger partial charge in [-0.15, -0.1) is 0 Å². The monoisotopic (exact) mass is 343 g/mol. The maximum Gasteiger partial charge on any atom is 0.254 e. The van der Waals surface area contributed by atoms with Crippen LogP contribution in [0, 0.1) is 5.92 Å². The number of fused-ring (bicyclic) bond motifs is 1. The first-order chi connectivity index (χ1) is 12.1. The van der Waals surface area contributed by atoms with E-state index in [1.807, 2.05) is 42.2 Å². The van der Waals surface area contributed by atoms with Crippen LogP contribution in [0.25, 0.3) is 0 Å². The summed E-state index contributed by atoms with van der Waals surface area (Å²) in [5.41, 5.74) is 6.43. The van der Waals surface area contributed by atoms with Crippen LogP contribution >= 0.6 is 0 Å². The molecule has 3 rings (SSSR count). The molecule has 5 nitrogen and oxygen atoms in total. The minimum Gasteiger partial charge on any atom is -0.354 e. The second-order valence-electron chi connectivity index (χ2n) is 7.50. The van der Waals surface area contributed by atoms with Gasteiger partial charge in [0.25, 0.3) is 5.91 Å². The molecular weight excluding hydrogens is 314 g/mol. The molecule has 1 heterocycles. The van der Waals surface area contributed by atoms with E-state index >= 15 is 0 Å². The predicted molar refractivity (Wildman–Crippen MR) is 98.0 cm³/mol. The Kier molecular flexibility index (Phi) is 5.74. The molecule has 0 radical (unpaired) electrons. The van der Waals surface area contributed by atoms with Gasteiger partial charge >= 0.3 is 0 Å². The van der Waals surface area contributed by atoms with Crippen molar-refractivity contribution < 1.29 is 9.59 Å². The third-order valence-corrected chi connectivity index (χ3v) is 5.54. The lowest BCUT2D eigenvalue weighted by molar-refractivity contribution is -0.125. The summed E-state index contributed by atoms with van der Waals surface area (Å²) in [5, 5.41) is 2.99. The van der Waals surface area contributed by atoms with Gasteiger partial charge in [-0.3, -0.25) is 9.59 Å². The van der Waals surface area contributed by atoms with Crippen molar-refractivity contribution in [2.24, 2.45) is 11.7 Å². The van der Waals surface area contributed by atoms with E-state index in [1.54, 1.807) is 0 Å². The Labute approximate surface area is 150 Å². The molecular formula is C20H29N3O2. The number of carbonyl (C=O) groups excluding carboxylic acids is 2. The number of rotatable bonds is 5. The smallest absolute Gasteiger partial charge is 0.254 e. The first-order valence-corrected chi connectivity index (χ1v) is 9.49. The topological polar surface area (TPSA) is 75.4 Å². The zero-order valence-corrected chi connectivity index (χ0v) is 15.0. The lowest BCUT2D eigenvalue weighted by Crippen LogP contribution is -2.50. The zero-order valence-electron chi connectivity index (χ0n) is 15.0. The number of hydrogen-bond acceptors (Lipinski definition) is 3. The van der Waals surface area contributed by atoms with E-state index in [0.29, 0.717) is 18.0 Å². The van der Waals surface area contributed by atoms with Gasteiger partial charge in [0.05, 0.1) is 0 Å². The quantitative estimate of drug-likeness (QED) is 0.861. The third kappa shape index (κ3) is 4.03. The summed E-state index contributed by atoms with van der Waals surface area (Å²) in [6.45, 7) is 2.50. The van der Waals surface area contributed by atoms with Gasteiger partial charge in [-0.2, -0.15) is 0 Å². The Bertz CT molecular complexity index is 602. The van der Waals surface area contributed by atoms with Gasteiger partial charge in [0.1, 0.15) is 6.04 Å². The van der Waals surface area contributed by atoms with Crippen molar-refractivity contribution in [2.45, 2.75) is 63.6 Å². The average Bonchev–Trinajstić information content (AvgIpc) is 3.01. The molecule has 1 saturated carbocycles. The van der Waals surface area contributed by atoms with Crippen LogP contribution in [0.2, 0.25) is 0 Å². The second-order valence-corrected chi connectivity index (χ2v) is 7.50. The summed E-state index contributed by atoms with van der Waals surface area (Å²) < 4.78 is 0. The van der Waals surface area contributed by atoms with Crippen molar-refractivity contribution in [3.05, 3.63) is 35.9 Å². The van der Waals surface area contributed by atoms with Gasteiger partial charge in [0.2, 0.25) is 5.91 Å². The molecule has 1 aliphatic carbocycles. The van der Waals surface area contributed by atoms with E-state index in [0.717, 1.165) is 32.1 Å². The van der Waals surface area contributed by atoms with E-state index in [1.165, 1.54) is 6.42 Å². The fraction of sp³-hybridized carbons (Fsp3) is 0.600. The van der Waals surface area contributed by atoms with Crippen molar-refractivity contribution in [1.82, 2.24) is 10.2 Å². The molecule has 4 atom stereocenters. The molecule has 0 bridgehead atoms. The molecule has 1 aromatic rings. The van der Waals surface area contributed by atoms with E-state index in [9.17, 15) is 9.59 Å². The molecule has 25 heavy (non-hydrogen) atoms. The maximum atomic E-state index is 13.1. The molecule has 2 aliphatic rings. The second kappa shape index (κ2) is 8.00. The minimum absolute atomic E-state index is 0.0117. The summed E-state index contributed by atoms with van der Waals surface area (Å²) in [4.78, 5) is 27.8. The molecule has 1 saturated heterocycles. The summed E-state index contributed by atoms with van der Waals surface area (Å²) in [5.74, 6) is 0.410. The lowest BCUT2D eigenvalue weighted by atomic mass is 9.84. The average molecular weight is 343 g/mol. The van der Waals surface area contributed by atoms with Crippen LogP contribution in [0.4, 0.5) is 0 Å². The third-order valence-electron chi connectivity index (χ3n) is 5.54. The van der Waals surface area contributed by atoms with Gasteiger partial charge < -0.3 is 16.0 Å². The summed E-state index contributed by atoms with van der Waals surface area (Å²) in [6, 6.07) is 9.24. The number of nitrogens with zero attached hydrogens (tertiary/aromatic N) is 1. The summed E-state index contributed by atoms with van der Waals surface area (Å²) in [6.07, 6.45) is 6.00. The molecule has 136 valence electrons. The SMILES string of the molecule is CC(N)CCNC(=O)C1CC2CCCCC2N1C(=O)c1ccccc1. The Morgan fingerprint density at radius 2 is 1.96 bits per heavy atom. The first kappa shape index (κ1) is 17.9. The number of hydrogen-bond donors (Lipinski definition) is 2. The highest BCUT2D eigenvalue weighted by Crippen LogP contribution is 2.40. The summed E-state index contributed by atoms with van der Waals surface area (Å²) in [7, 11) is 0. The van der Waals surface area contributed by atoms with E-state index in [4.69, 9.17) is 5.73 Å². The van der Waals surface area contributed by atoms with Crippen molar-refractivity contribution in [2.75, 3.05) is 6.54 Å². The summed E-state index contributed by atoms with van der Waals surface area (Å²) >= 11 is 0. The van der Waals surface area contributed by atoms with Gasteiger partial charge in [-0.25, -0.2) is 0 Å². The van der Waals surface area contributed by atoms with Crippen molar-refractivity contribution in [3.63, 3.8) is 0 Å². The largest absolute Gasteiger partial charge is 0.354 e. The number of likely N-dealkylation sites (tertiary alicyclic amines) is 1. The van der Waals surface area contributed by atoms with Crippen LogP contribution in [0.5, 0.6) is 0 Å². The molecule has 5 heteroatoms. The molecule has 2 fully saturated rings. The van der Waals surface area contributed by atoms with Crippen molar-refractivity contribution in [3.8, 4) is 0 Å². The van der Waals surface area contributed by atoms with Gasteiger partial charge in [-0.05, 0) is 50.7 Å². The number of carbonyl (C=O) groups is 2. The molecule has 1 aliphatic heterocycles. The Balaban J connectivity index is 1.77. The number of benzene rings is 1. The fourth-order valence-electron chi connectivity index (χ4n) is 4.26. The highest BCUT2D eigenvalue weighted by molar-refractivity contribution is 5.98. The van der Waals surface area contributed by atoms with Crippen molar-refractivity contribution >= 4 is 11.8 Å². The molecule has 2 amide bonds. The lowest BCUT2D eigenvalue weighted by Gasteiger charge is -2.33. The Morgan fingerprint density at radius 3 is 2.68 bits per heavy atom. The van der Waals surface area contributed by atoms with Crippen LogP contribution in [0.3, 0.4) is 0 Å². The normalized spacial score (nSPS) is 26.8. The van der Waals surface area contributed by atoms with Crippen molar-refractivity contribution in [1.29, 1.82) is 0 Å². The standard InChI is InChI=1S/C20H29N3O2/c1-14(21)11-12-22-19(24)18-13-16-9-5-6-10-17(16)23(18)20(25)15-7-3-2-4-8-15/h2-4,7-8,14,16-18H,5-6,9-13,21H2,1H3,(H,22,24). The van der Waals surface area contributed by atoms with Crippen LogP contribution in [0.15, 0.2) is 30.3 Å². The van der Waals surface area contributed by atoms with Gasteiger partial charge in [0, 0.05) is 24.2 Å². The molecule has 0 spiro atoms. The fourth-order valence-corrected chi connectivity index (χ4v) is 4.26.